The summed E-state index contributed by atoms with van der Waals surface area (Å²) in [7, 11) is 0. The second-order valence-electron chi connectivity index (χ2n) is 6.98. The van der Waals surface area contributed by atoms with Gasteiger partial charge in [-0.15, -0.1) is 0 Å². The highest BCUT2D eigenvalue weighted by Crippen LogP contribution is 2.34. The van der Waals surface area contributed by atoms with Gasteiger partial charge in [-0.25, -0.2) is 13.8 Å². The van der Waals surface area contributed by atoms with E-state index in [1.807, 2.05) is 6.07 Å². The van der Waals surface area contributed by atoms with Gasteiger partial charge in [-0.05, 0) is 35.8 Å². The highest BCUT2D eigenvalue weighted by Gasteiger charge is 2.36. The second-order valence-corrected chi connectivity index (χ2v) is 6.98. The van der Waals surface area contributed by atoms with Gasteiger partial charge in [-0.1, -0.05) is 18.7 Å². The largest absolute Gasteiger partial charge is 0.473 e. The zero-order valence-corrected chi connectivity index (χ0v) is 15.9. The Labute approximate surface area is 168 Å². The van der Waals surface area contributed by atoms with Crippen LogP contribution in [0.5, 0.6) is 5.88 Å². The molecule has 1 saturated heterocycles. The van der Waals surface area contributed by atoms with Gasteiger partial charge >= 0.3 is 0 Å². The molecule has 1 fully saturated rings. The minimum atomic E-state index is -1.13. The molecule has 2 heterocycles. The molecule has 0 N–H and O–H groups in total. The number of carbonyl (C=O) groups is 1. The molecule has 0 radical (unpaired) electrons. The quantitative estimate of drug-likeness (QED) is 0.659. The topological polar surface area (TPSA) is 66.2 Å². The standard InChI is InChI=1S/C22H21F2N3O2/c1-15(14-29-21-9-16(12-25)7-8-26-21)5-6-22(28)27-13-19(24)11-20(27)17-3-2-4-18(23)10-17/h2-4,7-10,19-20H,1,5-6,11,13-14H2. The molecule has 2 atom stereocenters. The third-order valence-electron chi connectivity index (χ3n) is 4.78. The van der Waals surface area contributed by atoms with Crippen LogP contribution in [0.15, 0.2) is 54.7 Å². The molecule has 150 valence electrons. The van der Waals surface area contributed by atoms with E-state index in [4.69, 9.17) is 10.00 Å². The van der Waals surface area contributed by atoms with Gasteiger partial charge in [0, 0.05) is 25.1 Å². The molecular formula is C22H21F2N3O2. The molecule has 0 aliphatic carbocycles. The highest BCUT2D eigenvalue weighted by atomic mass is 19.1. The van der Waals surface area contributed by atoms with E-state index in [1.165, 1.54) is 29.3 Å². The van der Waals surface area contributed by atoms with Crippen molar-refractivity contribution in [2.24, 2.45) is 0 Å². The molecular weight excluding hydrogens is 376 g/mol. The van der Waals surface area contributed by atoms with Gasteiger partial charge in [0.1, 0.15) is 18.6 Å². The first kappa shape index (κ1) is 20.5. The van der Waals surface area contributed by atoms with Crippen molar-refractivity contribution in [3.05, 3.63) is 71.7 Å². The Hall–Kier alpha value is -3.27. The summed E-state index contributed by atoms with van der Waals surface area (Å²) in [5.41, 5.74) is 1.72. The van der Waals surface area contributed by atoms with E-state index in [0.717, 1.165) is 0 Å². The van der Waals surface area contributed by atoms with Crippen LogP contribution < -0.4 is 4.74 Å². The molecule has 1 amide bonds. The number of nitriles is 1. The first-order valence-electron chi connectivity index (χ1n) is 9.31. The lowest BCUT2D eigenvalue weighted by Gasteiger charge is -2.25. The van der Waals surface area contributed by atoms with E-state index in [1.54, 1.807) is 18.2 Å². The molecule has 1 aromatic carbocycles. The fraction of sp³-hybridized carbons (Fsp3) is 0.318. The van der Waals surface area contributed by atoms with Crippen molar-refractivity contribution in [3.63, 3.8) is 0 Å². The van der Waals surface area contributed by atoms with E-state index >= 15 is 0 Å². The molecule has 0 spiro atoms. The smallest absolute Gasteiger partial charge is 0.223 e. The number of likely N-dealkylation sites (tertiary alicyclic amines) is 1. The third-order valence-corrected chi connectivity index (χ3v) is 4.78. The van der Waals surface area contributed by atoms with Crippen molar-refractivity contribution in [1.29, 1.82) is 5.26 Å². The second kappa shape index (κ2) is 9.28. The number of rotatable bonds is 7. The molecule has 2 aromatic rings. The van der Waals surface area contributed by atoms with E-state index in [-0.39, 0.29) is 31.9 Å². The molecule has 0 bridgehead atoms. The Morgan fingerprint density at radius 1 is 1.34 bits per heavy atom. The van der Waals surface area contributed by atoms with Crippen LogP contribution in [0.25, 0.3) is 0 Å². The average Bonchev–Trinajstić information content (AvgIpc) is 3.12. The first-order chi connectivity index (χ1) is 14.0. The number of amides is 1. The maximum Gasteiger partial charge on any atom is 0.223 e. The van der Waals surface area contributed by atoms with Crippen LogP contribution in [-0.2, 0) is 4.79 Å². The van der Waals surface area contributed by atoms with Gasteiger partial charge in [0.15, 0.2) is 0 Å². The molecule has 1 aromatic heterocycles. The number of aromatic nitrogens is 1. The van der Waals surface area contributed by atoms with Gasteiger partial charge in [0.25, 0.3) is 0 Å². The molecule has 5 nitrogen and oxygen atoms in total. The molecule has 0 saturated carbocycles. The Morgan fingerprint density at radius 3 is 2.93 bits per heavy atom. The summed E-state index contributed by atoms with van der Waals surface area (Å²) in [6.45, 7) is 4.07. The lowest BCUT2D eigenvalue weighted by Crippen LogP contribution is -2.31. The predicted molar refractivity (Wildman–Crippen MR) is 103 cm³/mol. The summed E-state index contributed by atoms with van der Waals surface area (Å²) >= 11 is 0. The SMILES string of the molecule is C=C(CCC(=O)N1CC(F)CC1c1cccc(F)c1)COc1cc(C#N)ccn1. The summed E-state index contributed by atoms with van der Waals surface area (Å²) in [6, 6.07) is 10.6. The van der Waals surface area contributed by atoms with Crippen molar-refractivity contribution in [2.75, 3.05) is 13.2 Å². The minimum Gasteiger partial charge on any atom is -0.473 e. The van der Waals surface area contributed by atoms with Gasteiger partial charge in [0.2, 0.25) is 11.8 Å². The normalized spacial score (nSPS) is 18.3. The van der Waals surface area contributed by atoms with Gasteiger partial charge in [-0.3, -0.25) is 4.79 Å². The number of hydrogen-bond donors (Lipinski definition) is 0. The maximum atomic E-state index is 14.0. The van der Waals surface area contributed by atoms with Gasteiger partial charge in [0.05, 0.1) is 24.2 Å². The lowest BCUT2D eigenvalue weighted by atomic mass is 10.0. The van der Waals surface area contributed by atoms with Crippen LogP contribution in [0.1, 0.15) is 36.4 Å². The molecule has 29 heavy (non-hydrogen) atoms. The Balaban J connectivity index is 1.53. The average molecular weight is 397 g/mol. The summed E-state index contributed by atoms with van der Waals surface area (Å²) in [6.07, 6.45) is 1.05. The number of carbonyl (C=O) groups excluding carboxylic acids is 1. The molecule has 3 rings (SSSR count). The first-order valence-corrected chi connectivity index (χ1v) is 9.31. The van der Waals surface area contributed by atoms with Crippen LogP contribution in [0, 0.1) is 17.1 Å². The van der Waals surface area contributed by atoms with E-state index in [9.17, 15) is 13.6 Å². The van der Waals surface area contributed by atoms with Crippen molar-refractivity contribution in [1.82, 2.24) is 9.88 Å². The van der Waals surface area contributed by atoms with Crippen molar-refractivity contribution in [3.8, 4) is 11.9 Å². The Kier molecular flexibility index (Phi) is 6.55. The van der Waals surface area contributed by atoms with E-state index in [0.29, 0.717) is 29.0 Å². The third kappa shape index (κ3) is 5.38. The van der Waals surface area contributed by atoms with E-state index in [2.05, 4.69) is 11.6 Å². The number of ether oxygens (including phenoxy) is 1. The van der Waals surface area contributed by atoms with E-state index < -0.39 is 18.0 Å². The monoisotopic (exact) mass is 397 g/mol. The number of hydrogen-bond acceptors (Lipinski definition) is 4. The number of alkyl halides is 1. The summed E-state index contributed by atoms with van der Waals surface area (Å²) in [5, 5.41) is 8.89. The molecule has 1 aliphatic heterocycles. The zero-order chi connectivity index (χ0) is 20.8. The van der Waals surface area contributed by atoms with Crippen LogP contribution in [0.3, 0.4) is 0 Å². The van der Waals surface area contributed by atoms with Crippen molar-refractivity contribution >= 4 is 5.91 Å². The molecule has 1 aliphatic rings. The lowest BCUT2D eigenvalue weighted by molar-refractivity contribution is -0.132. The number of pyridine rings is 1. The fourth-order valence-electron chi connectivity index (χ4n) is 3.32. The maximum absolute atomic E-state index is 14.0. The van der Waals surface area contributed by atoms with Crippen molar-refractivity contribution in [2.45, 2.75) is 31.5 Å². The van der Waals surface area contributed by atoms with Crippen LogP contribution in [0.2, 0.25) is 0 Å². The van der Waals surface area contributed by atoms with Crippen molar-refractivity contribution < 1.29 is 18.3 Å². The van der Waals surface area contributed by atoms with Crippen LogP contribution in [0.4, 0.5) is 8.78 Å². The van der Waals surface area contributed by atoms with Gasteiger partial charge < -0.3 is 9.64 Å². The van der Waals surface area contributed by atoms with Crippen LogP contribution in [-0.4, -0.2) is 35.1 Å². The highest BCUT2D eigenvalue weighted by molar-refractivity contribution is 5.77. The number of benzene rings is 1. The summed E-state index contributed by atoms with van der Waals surface area (Å²) in [5.74, 6) is -0.301. The Morgan fingerprint density at radius 2 is 2.17 bits per heavy atom. The summed E-state index contributed by atoms with van der Waals surface area (Å²) in [4.78, 5) is 18.1. The fourth-order valence-corrected chi connectivity index (χ4v) is 3.32. The minimum absolute atomic E-state index is 0.00780. The summed E-state index contributed by atoms with van der Waals surface area (Å²) < 4.78 is 33.0. The number of halogens is 2. The molecule has 7 heteroatoms. The number of nitrogens with zero attached hydrogens (tertiary/aromatic N) is 3. The van der Waals surface area contributed by atoms with Crippen LogP contribution >= 0.6 is 0 Å². The molecule has 2 unspecified atom stereocenters. The zero-order valence-electron chi connectivity index (χ0n) is 15.9. The predicted octanol–water partition coefficient (Wildman–Crippen LogP) is 4.12. The van der Waals surface area contributed by atoms with Gasteiger partial charge in [-0.2, -0.15) is 5.26 Å². The Bertz CT molecular complexity index is 942.